The summed E-state index contributed by atoms with van der Waals surface area (Å²) in [6.07, 6.45) is 5.74. The Balaban J connectivity index is 2.29. The fourth-order valence-corrected chi connectivity index (χ4v) is 2.84. The lowest BCUT2D eigenvalue weighted by Crippen LogP contribution is -2.44. The largest absolute Gasteiger partial charge is 0.385 e. The molecule has 0 aromatic heterocycles. The standard InChI is InChI=1S/C16H34N4/c1-5-14(9-10-15(17)12(3)18-6-2)20-13(4)16-8-7-11-19-16/h12,14-16,18-20H,4-11,17H2,1-3H3/t12-,14?,15?,16-/m1/s1. The van der Waals surface area contributed by atoms with E-state index in [1.165, 1.54) is 12.8 Å². The Hall–Kier alpha value is -0.580. The van der Waals surface area contributed by atoms with Gasteiger partial charge in [0.15, 0.2) is 0 Å². The SMILES string of the molecule is C=C(NC(CC)CCC(N)[C@@H](C)NCC)[C@H]1CCCN1. The van der Waals surface area contributed by atoms with Gasteiger partial charge in [0.05, 0.1) is 0 Å². The summed E-state index contributed by atoms with van der Waals surface area (Å²) in [7, 11) is 0. The van der Waals surface area contributed by atoms with E-state index in [9.17, 15) is 0 Å². The highest BCUT2D eigenvalue weighted by molar-refractivity contribution is 5.06. The van der Waals surface area contributed by atoms with E-state index in [1.807, 2.05) is 0 Å². The van der Waals surface area contributed by atoms with E-state index < -0.39 is 0 Å². The molecule has 0 amide bonds. The lowest BCUT2D eigenvalue weighted by molar-refractivity contribution is 0.395. The van der Waals surface area contributed by atoms with Crippen molar-refractivity contribution >= 4 is 0 Å². The number of rotatable bonds is 10. The monoisotopic (exact) mass is 282 g/mol. The van der Waals surface area contributed by atoms with E-state index >= 15 is 0 Å². The number of likely N-dealkylation sites (N-methyl/N-ethyl adjacent to an activating group) is 1. The van der Waals surface area contributed by atoms with Gasteiger partial charge in [-0.2, -0.15) is 0 Å². The fraction of sp³-hybridized carbons (Fsp3) is 0.875. The van der Waals surface area contributed by atoms with Crippen LogP contribution in [0.5, 0.6) is 0 Å². The molecule has 1 aliphatic heterocycles. The first kappa shape index (κ1) is 17.5. The minimum absolute atomic E-state index is 0.226. The minimum Gasteiger partial charge on any atom is -0.385 e. The Kier molecular flexibility index (Phi) is 8.19. The van der Waals surface area contributed by atoms with Crippen LogP contribution in [0.1, 0.15) is 52.9 Å². The van der Waals surface area contributed by atoms with Crippen molar-refractivity contribution in [2.75, 3.05) is 13.1 Å². The predicted molar refractivity (Wildman–Crippen MR) is 87.7 cm³/mol. The minimum atomic E-state index is 0.226. The molecular formula is C16H34N4. The van der Waals surface area contributed by atoms with Crippen LogP contribution in [0.4, 0.5) is 0 Å². The van der Waals surface area contributed by atoms with Gasteiger partial charge in [0.2, 0.25) is 0 Å². The molecule has 2 unspecified atom stereocenters. The van der Waals surface area contributed by atoms with Crippen molar-refractivity contribution in [3.05, 3.63) is 12.3 Å². The summed E-state index contributed by atoms with van der Waals surface area (Å²) in [6, 6.07) is 1.56. The van der Waals surface area contributed by atoms with Crippen LogP contribution >= 0.6 is 0 Å². The quantitative estimate of drug-likeness (QED) is 0.493. The maximum atomic E-state index is 6.23. The van der Waals surface area contributed by atoms with Gasteiger partial charge in [-0.25, -0.2) is 0 Å². The number of hydrogen-bond acceptors (Lipinski definition) is 4. The van der Waals surface area contributed by atoms with Crippen LogP contribution in [0.15, 0.2) is 12.3 Å². The van der Waals surface area contributed by atoms with Crippen molar-refractivity contribution < 1.29 is 0 Å². The van der Waals surface area contributed by atoms with Crippen LogP contribution in [0.3, 0.4) is 0 Å². The zero-order chi connectivity index (χ0) is 15.0. The van der Waals surface area contributed by atoms with Gasteiger partial charge in [-0.1, -0.05) is 20.4 Å². The Morgan fingerprint density at radius 2 is 2.15 bits per heavy atom. The second kappa shape index (κ2) is 9.37. The molecule has 0 aliphatic carbocycles. The van der Waals surface area contributed by atoms with Gasteiger partial charge in [-0.05, 0) is 52.1 Å². The summed E-state index contributed by atoms with van der Waals surface area (Å²) < 4.78 is 0. The molecule has 5 N–H and O–H groups in total. The molecule has 0 saturated carbocycles. The van der Waals surface area contributed by atoms with E-state index in [4.69, 9.17) is 5.73 Å². The average Bonchev–Trinajstić information content (AvgIpc) is 2.97. The summed E-state index contributed by atoms with van der Waals surface area (Å²) >= 11 is 0. The summed E-state index contributed by atoms with van der Waals surface area (Å²) in [5.41, 5.74) is 7.39. The molecule has 1 aliphatic rings. The van der Waals surface area contributed by atoms with E-state index in [2.05, 4.69) is 43.3 Å². The topological polar surface area (TPSA) is 62.1 Å². The highest BCUT2D eigenvalue weighted by Gasteiger charge is 2.20. The van der Waals surface area contributed by atoms with E-state index in [1.54, 1.807) is 0 Å². The maximum absolute atomic E-state index is 6.23. The molecular weight excluding hydrogens is 248 g/mol. The van der Waals surface area contributed by atoms with Gasteiger partial charge in [-0.15, -0.1) is 0 Å². The van der Waals surface area contributed by atoms with Gasteiger partial charge in [-0.3, -0.25) is 0 Å². The van der Waals surface area contributed by atoms with Crippen LogP contribution < -0.4 is 21.7 Å². The Morgan fingerprint density at radius 1 is 1.40 bits per heavy atom. The molecule has 1 heterocycles. The number of nitrogens with one attached hydrogen (secondary N) is 3. The first-order valence-electron chi connectivity index (χ1n) is 8.26. The van der Waals surface area contributed by atoms with Gasteiger partial charge in [0.1, 0.15) is 0 Å². The van der Waals surface area contributed by atoms with E-state index in [0.29, 0.717) is 18.1 Å². The van der Waals surface area contributed by atoms with E-state index in [-0.39, 0.29) is 6.04 Å². The van der Waals surface area contributed by atoms with E-state index in [0.717, 1.165) is 38.0 Å². The molecule has 1 rings (SSSR count). The molecule has 0 aromatic carbocycles. The Bertz CT molecular complexity index is 274. The number of hydrogen-bond donors (Lipinski definition) is 4. The summed E-state index contributed by atoms with van der Waals surface area (Å²) in [4.78, 5) is 0. The molecule has 118 valence electrons. The third-order valence-electron chi connectivity index (χ3n) is 4.38. The lowest BCUT2D eigenvalue weighted by atomic mass is 9.99. The Labute approximate surface area is 125 Å². The molecule has 0 bridgehead atoms. The second-order valence-corrected chi connectivity index (χ2v) is 6.01. The molecule has 0 aromatic rings. The lowest BCUT2D eigenvalue weighted by Gasteiger charge is -2.26. The maximum Gasteiger partial charge on any atom is 0.0463 e. The molecule has 4 nitrogen and oxygen atoms in total. The summed E-state index contributed by atoms with van der Waals surface area (Å²) in [5.74, 6) is 0. The third kappa shape index (κ3) is 5.81. The smallest absolute Gasteiger partial charge is 0.0463 e. The summed E-state index contributed by atoms with van der Waals surface area (Å²) in [6.45, 7) is 12.8. The normalized spacial score (nSPS) is 23.3. The van der Waals surface area contributed by atoms with Gasteiger partial charge >= 0.3 is 0 Å². The fourth-order valence-electron chi connectivity index (χ4n) is 2.84. The van der Waals surface area contributed by atoms with Crippen molar-refractivity contribution in [1.82, 2.24) is 16.0 Å². The number of nitrogens with two attached hydrogens (primary N) is 1. The van der Waals surface area contributed by atoms with Crippen molar-refractivity contribution in [2.45, 2.75) is 77.0 Å². The molecule has 0 radical (unpaired) electrons. The average molecular weight is 282 g/mol. The molecule has 1 fully saturated rings. The van der Waals surface area contributed by atoms with Gasteiger partial charge in [0, 0.05) is 29.9 Å². The predicted octanol–water partition coefficient (Wildman–Crippen LogP) is 1.73. The third-order valence-corrected chi connectivity index (χ3v) is 4.38. The first-order valence-corrected chi connectivity index (χ1v) is 8.26. The van der Waals surface area contributed by atoms with Crippen molar-refractivity contribution in [2.24, 2.45) is 5.73 Å². The molecule has 4 atom stereocenters. The highest BCUT2D eigenvalue weighted by Crippen LogP contribution is 2.14. The zero-order valence-electron chi connectivity index (χ0n) is 13.5. The van der Waals surface area contributed by atoms with Crippen LogP contribution in [0.2, 0.25) is 0 Å². The van der Waals surface area contributed by atoms with Gasteiger partial charge in [0.25, 0.3) is 0 Å². The van der Waals surface area contributed by atoms with Gasteiger partial charge < -0.3 is 21.7 Å². The van der Waals surface area contributed by atoms with Crippen LogP contribution in [0, 0.1) is 0 Å². The molecule has 4 heteroatoms. The zero-order valence-corrected chi connectivity index (χ0v) is 13.5. The van der Waals surface area contributed by atoms with Crippen LogP contribution in [-0.2, 0) is 0 Å². The van der Waals surface area contributed by atoms with Crippen molar-refractivity contribution in [3.8, 4) is 0 Å². The van der Waals surface area contributed by atoms with Crippen LogP contribution in [0.25, 0.3) is 0 Å². The summed E-state index contributed by atoms with van der Waals surface area (Å²) in [5, 5.41) is 10.5. The van der Waals surface area contributed by atoms with Crippen LogP contribution in [-0.4, -0.2) is 37.3 Å². The molecule has 20 heavy (non-hydrogen) atoms. The molecule has 1 saturated heterocycles. The Morgan fingerprint density at radius 3 is 2.70 bits per heavy atom. The molecule has 0 spiro atoms. The first-order chi connectivity index (χ1) is 9.58. The van der Waals surface area contributed by atoms with Crippen molar-refractivity contribution in [1.29, 1.82) is 0 Å². The van der Waals surface area contributed by atoms with Crippen molar-refractivity contribution in [3.63, 3.8) is 0 Å². The second-order valence-electron chi connectivity index (χ2n) is 6.01. The highest BCUT2D eigenvalue weighted by atomic mass is 15.0.